The summed E-state index contributed by atoms with van der Waals surface area (Å²) in [5, 5.41) is 9.20. The first-order chi connectivity index (χ1) is 12.4. The summed E-state index contributed by atoms with van der Waals surface area (Å²) in [5.74, 6) is -1.78. The first kappa shape index (κ1) is 18.0. The Kier molecular flexibility index (Phi) is 4.73. The lowest BCUT2D eigenvalue weighted by Gasteiger charge is -2.35. The van der Waals surface area contributed by atoms with Crippen LogP contribution in [-0.4, -0.2) is 68.0 Å². The maximum Gasteiger partial charge on any atom is 0.341 e. The molecule has 2 aromatic rings. The average molecular weight is 364 g/mol. The molecule has 0 unspecified atom stereocenters. The lowest BCUT2D eigenvalue weighted by Crippen LogP contribution is -2.45. The topological polar surface area (TPSA) is 87.0 Å². The molecule has 140 valence electrons. The summed E-state index contributed by atoms with van der Waals surface area (Å²) < 4.78 is 21.8. The normalized spacial score (nSPS) is 15.3. The third kappa shape index (κ3) is 2.84. The van der Waals surface area contributed by atoms with E-state index in [2.05, 4.69) is 10.3 Å². The van der Waals surface area contributed by atoms with Gasteiger partial charge in [-0.1, -0.05) is 0 Å². The van der Waals surface area contributed by atoms with Crippen LogP contribution in [0.5, 0.6) is 5.75 Å². The number of pyridine rings is 1. The quantitative estimate of drug-likeness (QED) is 0.829. The number of hydrogen-bond donors (Lipinski definition) is 2. The van der Waals surface area contributed by atoms with Gasteiger partial charge < -0.3 is 25.1 Å². The number of likely N-dealkylation sites (N-methyl/N-ethyl adjacent to an activating group) is 1. The molecule has 0 atom stereocenters. The number of halogens is 1. The van der Waals surface area contributed by atoms with Gasteiger partial charge in [0.05, 0.1) is 12.5 Å². The van der Waals surface area contributed by atoms with Gasteiger partial charge >= 0.3 is 5.97 Å². The van der Waals surface area contributed by atoms with E-state index in [0.717, 1.165) is 19.2 Å². The fourth-order valence-corrected chi connectivity index (χ4v) is 3.26. The van der Waals surface area contributed by atoms with Gasteiger partial charge in [-0.05, 0) is 13.1 Å². The number of carboxylic acid groups (broad SMARTS) is 1. The van der Waals surface area contributed by atoms with Gasteiger partial charge in [-0.25, -0.2) is 9.18 Å². The summed E-state index contributed by atoms with van der Waals surface area (Å²) >= 11 is 0. The van der Waals surface area contributed by atoms with Gasteiger partial charge in [-0.2, -0.15) is 0 Å². The maximum absolute atomic E-state index is 14.9. The molecule has 26 heavy (non-hydrogen) atoms. The Morgan fingerprint density at radius 2 is 1.96 bits per heavy atom. The first-order valence-corrected chi connectivity index (χ1v) is 8.19. The molecule has 1 aliphatic rings. The largest absolute Gasteiger partial charge is 0.492 e. The minimum absolute atomic E-state index is 0.0496. The standard InChI is InChI=1S/C17H21FN4O4/c1-19-22-9-11(17(24)25)15(23)10-8-12(18)14(16(26-3)13(10)22)21-6-4-20(2)5-7-21/h8-9,19H,4-7H2,1-3H3,(H,24,25). The van der Waals surface area contributed by atoms with Crippen molar-refractivity contribution in [2.24, 2.45) is 0 Å². The first-order valence-electron chi connectivity index (χ1n) is 8.19. The van der Waals surface area contributed by atoms with Gasteiger partial charge in [0.15, 0.2) is 11.6 Å². The van der Waals surface area contributed by atoms with Crippen molar-refractivity contribution in [2.75, 3.05) is 57.7 Å². The number of aromatic nitrogens is 1. The predicted molar refractivity (Wildman–Crippen MR) is 96.7 cm³/mol. The van der Waals surface area contributed by atoms with Crippen molar-refractivity contribution in [2.45, 2.75) is 0 Å². The summed E-state index contributed by atoms with van der Waals surface area (Å²) in [6.07, 6.45) is 1.18. The highest BCUT2D eigenvalue weighted by molar-refractivity contribution is 5.97. The number of benzene rings is 1. The second-order valence-electron chi connectivity index (χ2n) is 6.20. The van der Waals surface area contributed by atoms with Gasteiger partial charge in [0.1, 0.15) is 16.8 Å². The summed E-state index contributed by atoms with van der Waals surface area (Å²) in [6.45, 7) is 2.79. The number of carboxylic acids is 1. The molecule has 9 heteroatoms. The van der Waals surface area contributed by atoms with E-state index in [1.54, 1.807) is 7.05 Å². The molecule has 0 radical (unpaired) electrons. The zero-order valence-corrected chi connectivity index (χ0v) is 14.9. The summed E-state index contributed by atoms with van der Waals surface area (Å²) in [5.41, 5.74) is 2.20. The SMILES string of the molecule is CNn1cc(C(=O)O)c(=O)c2cc(F)c(N3CCN(C)CC3)c(OC)c21. The Morgan fingerprint density at radius 3 is 2.50 bits per heavy atom. The fraction of sp³-hybridized carbons (Fsp3) is 0.412. The molecule has 0 bridgehead atoms. The summed E-state index contributed by atoms with van der Waals surface area (Å²) in [7, 11) is 4.98. The van der Waals surface area contributed by atoms with E-state index in [1.807, 2.05) is 11.9 Å². The van der Waals surface area contributed by atoms with Gasteiger partial charge in [-0.15, -0.1) is 0 Å². The Hall–Kier alpha value is -2.81. The van der Waals surface area contributed by atoms with E-state index in [9.17, 15) is 19.1 Å². The van der Waals surface area contributed by atoms with Crippen LogP contribution < -0.4 is 20.5 Å². The van der Waals surface area contributed by atoms with Crippen LogP contribution in [0.4, 0.5) is 10.1 Å². The van der Waals surface area contributed by atoms with Crippen LogP contribution in [0.2, 0.25) is 0 Å². The second kappa shape index (κ2) is 6.83. The highest BCUT2D eigenvalue weighted by Gasteiger charge is 2.27. The fourth-order valence-electron chi connectivity index (χ4n) is 3.26. The highest BCUT2D eigenvalue weighted by Crippen LogP contribution is 2.38. The van der Waals surface area contributed by atoms with Crippen LogP contribution in [0.25, 0.3) is 10.9 Å². The van der Waals surface area contributed by atoms with E-state index in [4.69, 9.17) is 4.74 Å². The van der Waals surface area contributed by atoms with Crippen molar-refractivity contribution >= 4 is 22.6 Å². The van der Waals surface area contributed by atoms with Gasteiger partial charge in [0, 0.05) is 39.4 Å². The molecular formula is C17H21FN4O4. The Bertz CT molecular complexity index is 919. The number of methoxy groups -OCH3 is 1. The van der Waals surface area contributed by atoms with E-state index in [0.29, 0.717) is 18.6 Å². The molecule has 0 amide bonds. The van der Waals surface area contributed by atoms with Gasteiger partial charge in [-0.3, -0.25) is 9.47 Å². The molecule has 1 aromatic carbocycles. The van der Waals surface area contributed by atoms with Crippen LogP contribution in [0, 0.1) is 5.82 Å². The van der Waals surface area contributed by atoms with Crippen LogP contribution in [0.1, 0.15) is 10.4 Å². The Balaban J connectivity index is 2.32. The summed E-state index contributed by atoms with van der Waals surface area (Å²) in [6, 6.07) is 1.09. The molecule has 1 saturated heterocycles. The van der Waals surface area contributed by atoms with Crippen molar-refractivity contribution in [3.8, 4) is 5.75 Å². The van der Waals surface area contributed by atoms with E-state index in [-0.39, 0.29) is 16.8 Å². The van der Waals surface area contributed by atoms with Gasteiger partial charge in [0.2, 0.25) is 5.43 Å². The summed E-state index contributed by atoms with van der Waals surface area (Å²) in [4.78, 5) is 27.9. The number of aromatic carboxylic acids is 1. The molecule has 0 spiro atoms. The highest BCUT2D eigenvalue weighted by atomic mass is 19.1. The number of nitrogens with one attached hydrogen (secondary N) is 1. The molecule has 8 nitrogen and oxygen atoms in total. The lowest BCUT2D eigenvalue weighted by atomic mass is 10.1. The molecule has 2 N–H and O–H groups in total. The van der Waals surface area contributed by atoms with Crippen molar-refractivity contribution < 1.29 is 19.0 Å². The van der Waals surface area contributed by atoms with Crippen LogP contribution in [-0.2, 0) is 0 Å². The maximum atomic E-state index is 14.9. The Morgan fingerprint density at radius 1 is 1.31 bits per heavy atom. The third-order valence-corrected chi connectivity index (χ3v) is 4.67. The number of rotatable bonds is 4. The van der Waals surface area contributed by atoms with Crippen molar-refractivity contribution in [1.82, 2.24) is 9.58 Å². The zero-order chi connectivity index (χ0) is 19.0. The van der Waals surface area contributed by atoms with Crippen LogP contribution in [0.3, 0.4) is 0 Å². The van der Waals surface area contributed by atoms with Gasteiger partial charge in [0.25, 0.3) is 0 Å². The zero-order valence-electron chi connectivity index (χ0n) is 14.9. The molecule has 1 aliphatic heterocycles. The monoisotopic (exact) mass is 364 g/mol. The number of fused-ring (bicyclic) bond motifs is 1. The molecule has 3 rings (SSSR count). The minimum Gasteiger partial charge on any atom is -0.492 e. The number of nitrogens with zero attached hydrogens (tertiary/aromatic N) is 3. The van der Waals surface area contributed by atoms with Crippen molar-refractivity contribution in [3.05, 3.63) is 33.9 Å². The van der Waals surface area contributed by atoms with E-state index < -0.39 is 22.8 Å². The average Bonchev–Trinajstić information content (AvgIpc) is 2.62. The second-order valence-corrected chi connectivity index (χ2v) is 6.20. The van der Waals surface area contributed by atoms with E-state index >= 15 is 0 Å². The molecular weight excluding hydrogens is 343 g/mol. The molecule has 0 aliphatic carbocycles. The lowest BCUT2D eigenvalue weighted by molar-refractivity contribution is 0.0695. The molecule has 0 saturated carbocycles. The number of piperazine rings is 1. The number of hydrogen-bond acceptors (Lipinski definition) is 6. The minimum atomic E-state index is -1.37. The third-order valence-electron chi connectivity index (χ3n) is 4.67. The molecule has 2 heterocycles. The van der Waals surface area contributed by atoms with Crippen molar-refractivity contribution in [3.63, 3.8) is 0 Å². The molecule has 1 fully saturated rings. The van der Waals surface area contributed by atoms with Crippen molar-refractivity contribution in [1.29, 1.82) is 0 Å². The van der Waals surface area contributed by atoms with E-state index in [1.165, 1.54) is 18.0 Å². The molecule has 1 aromatic heterocycles. The number of anilines is 1. The number of ether oxygens (including phenoxy) is 1. The van der Waals surface area contributed by atoms with Crippen LogP contribution >= 0.6 is 0 Å². The Labute approximate surface area is 149 Å². The van der Waals surface area contributed by atoms with Crippen LogP contribution in [0.15, 0.2) is 17.1 Å². The smallest absolute Gasteiger partial charge is 0.341 e. The number of carbonyl (C=O) groups is 1. The predicted octanol–water partition coefficient (Wildman–Crippen LogP) is 0.772.